The summed E-state index contributed by atoms with van der Waals surface area (Å²) in [6, 6.07) is 11.8. The van der Waals surface area contributed by atoms with Gasteiger partial charge in [-0.2, -0.15) is 4.98 Å². The Labute approximate surface area is 194 Å². The first-order valence-corrected chi connectivity index (χ1v) is 11.2. The lowest BCUT2D eigenvalue weighted by Gasteiger charge is -2.15. The van der Waals surface area contributed by atoms with Crippen molar-refractivity contribution < 1.29 is 4.39 Å². The Kier molecular flexibility index (Phi) is 5.95. The molecule has 1 atom stereocenters. The normalized spacial score (nSPS) is 16.0. The highest BCUT2D eigenvalue weighted by Crippen LogP contribution is 2.36. The van der Waals surface area contributed by atoms with Crippen LogP contribution in [0.3, 0.4) is 0 Å². The molecule has 2 aromatic carbocycles. The van der Waals surface area contributed by atoms with Gasteiger partial charge in [-0.1, -0.05) is 41.4 Å². The molecule has 9 heteroatoms. The van der Waals surface area contributed by atoms with Crippen molar-refractivity contribution in [2.75, 3.05) is 18.4 Å². The van der Waals surface area contributed by atoms with Gasteiger partial charge in [-0.3, -0.25) is 0 Å². The van der Waals surface area contributed by atoms with E-state index in [1.54, 1.807) is 18.3 Å². The van der Waals surface area contributed by atoms with Crippen molar-refractivity contribution in [3.05, 3.63) is 70.1 Å². The Hall–Kier alpha value is -2.74. The summed E-state index contributed by atoms with van der Waals surface area (Å²) in [6.07, 6.45) is 2.78. The van der Waals surface area contributed by atoms with Crippen molar-refractivity contribution >= 4 is 40.3 Å². The topological polar surface area (TPSA) is 67.7 Å². The monoisotopic (exact) mass is 470 g/mol. The number of imidazole rings is 1. The lowest BCUT2D eigenvalue weighted by molar-refractivity contribution is 0.490. The molecule has 2 N–H and O–H groups in total. The van der Waals surface area contributed by atoms with Crippen LogP contribution >= 0.6 is 23.2 Å². The third-order valence-electron chi connectivity index (χ3n) is 5.64. The number of aromatic nitrogens is 4. The largest absolute Gasteiger partial charge is 0.350 e. The lowest BCUT2D eigenvalue weighted by Crippen LogP contribution is -2.16. The fraction of sp³-hybridized carbons (Fsp3) is 0.261. The summed E-state index contributed by atoms with van der Waals surface area (Å²) >= 11 is 13.0. The molecule has 164 valence electrons. The summed E-state index contributed by atoms with van der Waals surface area (Å²) in [6.45, 7) is 3.17. The van der Waals surface area contributed by atoms with E-state index in [0.717, 1.165) is 37.3 Å². The molecule has 3 heterocycles. The molecule has 0 saturated carbocycles. The molecule has 5 rings (SSSR count). The van der Waals surface area contributed by atoms with E-state index in [9.17, 15) is 4.39 Å². The van der Waals surface area contributed by atoms with Gasteiger partial charge in [-0.25, -0.2) is 14.4 Å². The average Bonchev–Trinajstić information content (AvgIpc) is 3.42. The van der Waals surface area contributed by atoms with Crippen molar-refractivity contribution in [2.45, 2.75) is 19.5 Å². The second-order valence-corrected chi connectivity index (χ2v) is 8.70. The highest BCUT2D eigenvalue weighted by Gasteiger charge is 2.23. The van der Waals surface area contributed by atoms with Crippen molar-refractivity contribution in [2.24, 2.45) is 5.92 Å². The van der Waals surface area contributed by atoms with Gasteiger partial charge in [0.15, 0.2) is 5.65 Å². The zero-order valence-electron chi connectivity index (χ0n) is 17.2. The molecule has 6 nitrogen and oxygen atoms in total. The zero-order chi connectivity index (χ0) is 22.1. The molecular formula is C23H21Cl2FN6. The molecular weight excluding hydrogens is 450 g/mol. The minimum atomic E-state index is -0.262. The molecule has 1 saturated heterocycles. The molecule has 32 heavy (non-hydrogen) atoms. The van der Waals surface area contributed by atoms with Crippen LogP contribution in [-0.4, -0.2) is 32.6 Å². The van der Waals surface area contributed by atoms with E-state index < -0.39 is 0 Å². The summed E-state index contributed by atoms with van der Waals surface area (Å²) in [5.74, 6) is 1.36. The maximum Gasteiger partial charge on any atom is 0.225 e. The van der Waals surface area contributed by atoms with Crippen molar-refractivity contribution in [3.8, 4) is 11.4 Å². The quantitative estimate of drug-likeness (QED) is 0.407. The van der Waals surface area contributed by atoms with E-state index in [1.165, 1.54) is 12.1 Å². The number of nitrogens with zero attached hydrogens (tertiary/aromatic N) is 4. The Morgan fingerprint density at radius 2 is 1.88 bits per heavy atom. The molecule has 0 spiro atoms. The van der Waals surface area contributed by atoms with Gasteiger partial charge in [0, 0.05) is 13.1 Å². The van der Waals surface area contributed by atoms with Crippen LogP contribution in [0.4, 0.5) is 10.3 Å². The van der Waals surface area contributed by atoms with Gasteiger partial charge in [0.2, 0.25) is 5.95 Å². The molecule has 0 aliphatic carbocycles. The van der Waals surface area contributed by atoms with Gasteiger partial charge < -0.3 is 15.2 Å². The predicted molar refractivity (Wildman–Crippen MR) is 125 cm³/mol. The minimum Gasteiger partial charge on any atom is -0.350 e. The second-order valence-electron chi connectivity index (χ2n) is 7.88. The predicted octanol–water partition coefficient (Wildman–Crippen LogP) is 5.16. The minimum absolute atomic E-state index is 0.262. The number of hydrogen-bond donors (Lipinski definition) is 2. The van der Waals surface area contributed by atoms with Crippen LogP contribution in [0.1, 0.15) is 12.0 Å². The molecule has 1 unspecified atom stereocenters. The molecule has 0 bridgehead atoms. The van der Waals surface area contributed by atoms with E-state index in [1.807, 2.05) is 18.2 Å². The summed E-state index contributed by atoms with van der Waals surface area (Å²) in [4.78, 5) is 14.0. The summed E-state index contributed by atoms with van der Waals surface area (Å²) in [5, 5.41) is 7.71. The zero-order valence-corrected chi connectivity index (χ0v) is 18.7. The number of nitrogens with one attached hydrogen (secondary N) is 2. The van der Waals surface area contributed by atoms with E-state index in [0.29, 0.717) is 45.4 Å². The third kappa shape index (κ3) is 4.28. The second kappa shape index (κ2) is 9.02. The van der Waals surface area contributed by atoms with Gasteiger partial charge in [0.1, 0.15) is 17.2 Å². The first-order valence-electron chi connectivity index (χ1n) is 10.4. The number of benzene rings is 2. The average molecular weight is 471 g/mol. The summed E-state index contributed by atoms with van der Waals surface area (Å²) in [5.41, 5.74) is 3.03. The van der Waals surface area contributed by atoms with E-state index in [-0.39, 0.29) is 5.82 Å². The number of hydrogen-bond acceptors (Lipinski definition) is 5. The van der Waals surface area contributed by atoms with Crippen LogP contribution in [0.25, 0.3) is 22.6 Å². The fourth-order valence-corrected chi connectivity index (χ4v) is 4.56. The number of halogens is 3. The summed E-state index contributed by atoms with van der Waals surface area (Å²) < 4.78 is 15.2. The lowest BCUT2D eigenvalue weighted by atomic mass is 10.1. The molecule has 1 aliphatic heterocycles. The maximum atomic E-state index is 13.2. The smallest absolute Gasteiger partial charge is 0.225 e. The highest BCUT2D eigenvalue weighted by molar-refractivity contribution is 6.39. The van der Waals surface area contributed by atoms with Crippen molar-refractivity contribution in [1.29, 1.82) is 0 Å². The Morgan fingerprint density at radius 1 is 1.09 bits per heavy atom. The van der Waals surface area contributed by atoms with Gasteiger partial charge in [-0.05, 0) is 55.3 Å². The number of anilines is 1. The van der Waals surface area contributed by atoms with Gasteiger partial charge in [0.25, 0.3) is 0 Å². The van der Waals surface area contributed by atoms with Crippen LogP contribution in [-0.2, 0) is 13.1 Å². The van der Waals surface area contributed by atoms with E-state index >= 15 is 0 Å². The Morgan fingerprint density at radius 3 is 2.59 bits per heavy atom. The third-order valence-corrected chi connectivity index (χ3v) is 6.27. The summed E-state index contributed by atoms with van der Waals surface area (Å²) in [7, 11) is 0. The van der Waals surface area contributed by atoms with Crippen LogP contribution in [0.2, 0.25) is 10.0 Å². The van der Waals surface area contributed by atoms with Crippen LogP contribution in [0.15, 0.2) is 48.7 Å². The standard InChI is InChI=1S/C23H21Cl2FN6/c24-17-2-1-3-18(25)20(17)22-30-19-12-29-23(28-11-14-4-6-16(26)7-5-14)31-21(19)32(22)13-15-8-9-27-10-15/h1-7,12,15,27H,8-11,13H2,(H,28,29,31). The fourth-order valence-electron chi connectivity index (χ4n) is 3.99. The maximum absolute atomic E-state index is 13.2. The van der Waals surface area contributed by atoms with Crippen LogP contribution < -0.4 is 10.6 Å². The molecule has 0 amide bonds. The molecule has 4 aromatic rings. The SMILES string of the molecule is Fc1ccc(CNc2ncc3nc(-c4c(Cl)cccc4Cl)n(CC4CCNC4)c3n2)cc1. The first kappa shape index (κ1) is 21.1. The molecule has 0 radical (unpaired) electrons. The number of rotatable bonds is 6. The molecule has 1 fully saturated rings. The van der Waals surface area contributed by atoms with E-state index in [2.05, 4.69) is 20.2 Å². The van der Waals surface area contributed by atoms with Crippen LogP contribution in [0, 0.1) is 11.7 Å². The Balaban J connectivity index is 1.54. The van der Waals surface area contributed by atoms with Gasteiger partial charge in [-0.15, -0.1) is 0 Å². The van der Waals surface area contributed by atoms with Crippen molar-refractivity contribution in [3.63, 3.8) is 0 Å². The molecule has 1 aliphatic rings. The van der Waals surface area contributed by atoms with E-state index in [4.69, 9.17) is 33.2 Å². The van der Waals surface area contributed by atoms with Crippen molar-refractivity contribution in [1.82, 2.24) is 24.8 Å². The highest BCUT2D eigenvalue weighted by atomic mass is 35.5. The molecule has 2 aromatic heterocycles. The van der Waals surface area contributed by atoms with Crippen LogP contribution in [0.5, 0.6) is 0 Å². The Bertz CT molecular complexity index is 1230. The number of fused-ring (bicyclic) bond motifs is 1. The van der Waals surface area contributed by atoms with Gasteiger partial charge in [0.05, 0.1) is 21.8 Å². The first-order chi connectivity index (χ1) is 15.6. The van der Waals surface area contributed by atoms with Gasteiger partial charge >= 0.3 is 0 Å².